The fraction of sp³-hybridized carbons (Fsp3) is 0.458. The second kappa shape index (κ2) is 10.4. The van der Waals surface area contributed by atoms with E-state index in [0.717, 1.165) is 18.5 Å². The first-order chi connectivity index (χ1) is 15.2. The normalized spacial score (nSPS) is 16.2. The minimum atomic E-state index is -3.71. The third kappa shape index (κ3) is 6.07. The van der Waals surface area contributed by atoms with Gasteiger partial charge in [-0.15, -0.1) is 0 Å². The first kappa shape index (κ1) is 24.2. The number of carbonyl (C=O) groups excluding carboxylic acids is 1. The molecular weight excluding hydrogens is 429 g/mol. The number of anilines is 1. The molecule has 174 valence electrons. The van der Waals surface area contributed by atoms with Gasteiger partial charge in [0.05, 0.1) is 4.90 Å². The Labute approximate surface area is 190 Å². The van der Waals surface area contributed by atoms with E-state index in [1.165, 1.54) is 28.6 Å². The molecule has 2 aromatic carbocycles. The molecule has 1 atom stereocenters. The van der Waals surface area contributed by atoms with Gasteiger partial charge in [0.25, 0.3) is 5.91 Å². The molecule has 0 aliphatic carbocycles. The zero-order chi connectivity index (χ0) is 23.3. The number of halogens is 1. The van der Waals surface area contributed by atoms with Crippen molar-refractivity contribution in [3.05, 3.63) is 59.9 Å². The number of sulfonamides is 1. The van der Waals surface area contributed by atoms with E-state index in [1.807, 2.05) is 11.8 Å². The summed E-state index contributed by atoms with van der Waals surface area (Å²) in [6.07, 6.45) is 1.89. The van der Waals surface area contributed by atoms with Crippen LogP contribution in [-0.2, 0) is 10.0 Å². The Morgan fingerprint density at radius 1 is 1.00 bits per heavy atom. The second-order valence-electron chi connectivity index (χ2n) is 8.74. The summed E-state index contributed by atoms with van der Waals surface area (Å²) in [6, 6.07) is 12.4. The number of carbonyl (C=O) groups is 1. The van der Waals surface area contributed by atoms with Crippen molar-refractivity contribution < 1.29 is 17.6 Å². The lowest BCUT2D eigenvalue weighted by Crippen LogP contribution is -2.48. The summed E-state index contributed by atoms with van der Waals surface area (Å²) < 4.78 is 40.9. The molecule has 6 nitrogen and oxygen atoms in total. The van der Waals surface area contributed by atoms with Gasteiger partial charge in [-0.25, -0.2) is 12.8 Å². The standard InChI is InChI=1S/C24H32FN3O3S/c1-18(2)7-8-19(3)26-24(29)20-5-4-6-23(17-20)32(30,31)28-15-13-27(14-16-28)22-11-9-21(25)10-12-22/h4-6,9-12,17-19H,7-8,13-16H2,1-3H3,(H,26,29). The molecule has 0 radical (unpaired) electrons. The smallest absolute Gasteiger partial charge is 0.251 e. The molecule has 3 rings (SSSR count). The number of hydrogen-bond donors (Lipinski definition) is 1. The maximum atomic E-state index is 13.2. The molecule has 0 saturated carbocycles. The maximum absolute atomic E-state index is 13.2. The van der Waals surface area contributed by atoms with Crippen LogP contribution in [0.25, 0.3) is 0 Å². The van der Waals surface area contributed by atoms with Gasteiger partial charge in [-0.2, -0.15) is 4.31 Å². The number of hydrogen-bond acceptors (Lipinski definition) is 4. The Morgan fingerprint density at radius 3 is 2.28 bits per heavy atom. The van der Waals surface area contributed by atoms with E-state index in [0.29, 0.717) is 37.7 Å². The van der Waals surface area contributed by atoms with E-state index in [9.17, 15) is 17.6 Å². The van der Waals surface area contributed by atoms with Crippen LogP contribution >= 0.6 is 0 Å². The van der Waals surface area contributed by atoms with Gasteiger partial charge in [0, 0.05) is 43.5 Å². The average molecular weight is 462 g/mol. The summed E-state index contributed by atoms with van der Waals surface area (Å²) in [5.41, 5.74) is 1.21. The Balaban J connectivity index is 1.64. The monoisotopic (exact) mass is 461 g/mol. The second-order valence-corrected chi connectivity index (χ2v) is 10.7. The van der Waals surface area contributed by atoms with E-state index in [1.54, 1.807) is 24.3 Å². The predicted molar refractivity (Wildman–Crippen MR) is 125 cm³/mol. The van der Waals surface area contributed by atoms with Gasteiger partial charge < -0.3 is 10.2 Å². The van der Waals surface area contributed by atoms with Crippen molar-refractivity contribution in [3.63, 3.8) is 0 Å². The molecule has 8 heteroatoms. The van der Waals surface area contributed by atoms with Gasteiger partial charge in [0.2, 0.25) is 10.0 Å². The summed E-state index contributed by atoms with van der Waals surface area (Å²) in [7, 11) is -3.71. The van der Waals surface area contributed by atoms with E-state index in [-0.39, 0.29) is 22.7 Å². The zero-order valence-corrected chi connectivity index (χ0v) is 19.7. The predicted octanol–water partition coefficient (Wildman–Crippen LogP) is 3.89. The number of benzene rings is 2. The SMILES string of the molecule is CC(C)CCC(C)NC(=O)c1cccc(S(=O)(=O)N2CCN(c3ccc(F)cc3)CC2)c1. The lowest BCUT2D eigenvalue weighted by atomic mass is 10.0. The van der Waals surface area contributed by atoms with Crippen LogP contribution in [0.1, 0.15) is 44.0 Å². The van der Waals surface area contributed by atoms with E-state index in [4.69, 9.17) is 0 Å². The topological polar surface area (TPSA) is 69.7 Å². The highest BCUT2D eigenvalue weighted by atomic mass is 32.2. The van der Waals surface area contributed by atoms with Crippen LogP contribution in [0.2, 0.25) is 0 Å². The summed E-state index contributed by atoms with van der Waals surface area (Å²) in [4.78, 5) is 14.8. The molecule has 1 N–H and O–H groups in total. The number of piperazine rings is 1. The summed E-state index contributed by atoms with van der Waals surface area (Å²) in [6.45, 7) is 7.91. The van der Waals surface area contributed by atoms with Crippen LogP contribution in [0.3, 0.4) is 0 Å². The van der Waals surface area contributed by atoms with Gasteiger partial charge in [0.15, 0.2) is 0 Å². The molecule has 0 aromatic heterocycles. The van der Waals surface area contributed by atoms with Crippen LogP contribution in [0, 0.1) is 11.7 Å². The molecule has 1 saturated heterocycles. The van der Waals surface area contributed by atoms with Crippen molar-refractivity contribution in [1.82, 2.24) is 9.62 Å². The van der Waals surface area contributed by atoms with Gasteiger partial charge in [-0.3, -0.25) is 4.79 Å². The highest BCUT2D eigenvalue weighted by Crippen LogP contribution is 2.22. The van der Waals surface area contributed by atoms with Crippen molar-refractivity contribution in [1.29, 1.82) is 0 Å². The third-order valence-corrected chi connectivity index (χ3v) is 7.61. The Hall–Kier alpha value is -2.45. The van der Waals surface area contributed by atoms with E-state index >= 15 is 0 Å². The number of nitrogens with one attached hydrogen (secondary N) is 1. The molecule has 0 bridgehead atoms. The summed E-state index contributed by atoms with van der Waals surface area (Å²) >= 11 is 0. The van der Waals surface area contributed by atoms with Crippen molar-refractivity contribution >= 4 is 21.6 Å². The quantitative estimate of drug-likeness (QED) is 0.648. The first-order valence-corrected chi connectivity index (χ1v) is 12.5. The summed E-state index contributed by atoms with van der Waals surface area (Å²) in [5.74, 6) is -0.000944. The zero-order valence-electron chi connectivity index (χ0n) is 18.9. The highest BCUT2D eigenvalue weighted by molar-refractivity contribution is 7.89. The lowest BCUT2D eigenvalue weighted by molar-refractivity contribution is 0.0937. The molecule has 1 amide bonds. The minimum Gasteiger partial charge on any atom is -0.369 e. The Bertz CT molecular complexity index is 1020. The number of rotatable bonds is 8. The van der Waals surface area contributed by atoms with Crippen LogP contribution in [0.5, 0.6) is 0 Å². The van der Waals surface area contributed by atoms with E-state index < -0.39 is 10.0 Å². The molecular formula is C24H32FN3O3S. The van der Waals surface area contributed by atoms with Crippen LogP contribution in [0.4, 0.5) is 10.1 Å². The fourth-order valence-corrected chi connectivity index (χ4v) is 5.22. The van der Waals surface area contributed by atoms with Crippen LogP contribution in [-0.4, -0.2) is 50.9 Å². The number of nitrogens with zero attached hydrogens (tertiary/aromatic N) is 2. The highest BCUT2D eigenvalue weighted by Gasteiger charge is 2.29. The Morgan fingerprint density at radius 2 is 1.66 bits per heavy atom. The molecule has 1 heterocycles. The Kier molecular flexibility index (Phi) is 7.90. The van der Waals surface area contributed by atoms with Gasteiger partial charge in [-0.05, 0) is 68.1 Å². The van der Waals surface area contributed by atoms with Crippen molar-refractivity contribution in [2.24, 2.45) is 5.92 Å². The van der Waals surface area contributed by atoms with Gasteiger partial charge >= 0.3 is 0 Å². The third-order valence-electron chi connectivity index (χ3n) is 5.72. The lowest BCUT2D eigenvalue weighted by Gasteiger charge is -2.35. The largest absolute Gasteiger partial charge is 0.369 e. The minimum absolute atomic E-state index is 0.0182. The number of amides is 1. The van der Waals surface area contributed by atoms with Crippen molar-refractivity contribution in [2.75, 3.05) is 31.1 Å². The van der Waals surface area contributed by atoms with Crippen LogP contribution in [0.15, 0.2) is 53.4 Å². The fourth-order valence-electron chi connectivity index (χ4n) is 3.75. The van der Waals surface area contributed by atoms with Gasteiger partial charge in [-0.1, -0.05) is 19.9 Å². The molecule has 32 heavy (non-hydrogen) atoms. The first-order valence-electron chi connectivity index (χ1n) is 11.1. The van der Waals surface area contributed by atoms with Crippen LogP contribution < -0.4 is 10.2 Å². The van der Waals surface area contributed by atoms with Crippen molar-refractivity contribution in [3.8, 4) is 0 Å². The van der Waals surface area contributed by atoms with E-state index in [2.05, 4.69) is 19.2 Å². The molecule has 2 aromatic rings. The summed E-state index contributed by atoms with van der Waals surface area (Å²) in [5, 5.41) is 2.96. The van der Waals surface area contributed by atoms with Crippen molar-refractivity contribution in [2.45, 2.75) is 44.6 Å². The average Bonchev–Trinajstić information content (AvgIpc) is 2.78. The molecule has 1 aliphatic heterocycles. The van der Waals surface area contributed by atoms with Gasteiger partial charge in [0.1, 0.15) is 5.82 Å². The molecule has 1 aliphatic rings. The molecule has 1 fully saturated rings. The maximum Gasteiger partial charge on any atom is 0.251 e. The molecule has 1 unspecified atom stereocenters. The molecule has 0 spiro atoms.